The third kappa shape index (κ3) is 1.22. The summed E-state index contributed by atoms with van der Waals surface area (Å²) in [7, 11) is 0. The Balaban J connectivity index is 2.43. The second-order valence-corrected chi connectivity index (χ2v) is 4.75. The van der Waals surface area contributed by atoms with Gasteiger partial charge in [-0.15, -0.1) is 0 Å². The molecule has 84 valence electrons. The number of hydrogen-bond donors (Lipinski definition) is 1. The molecule has 0 aromatic rings. The molecule has 0 aliphatic heterocycles. The molecule has 2 fully saturated rings. The predicted octanol–water partition coefficient (Wildman–Crippen LogP) is 0.772. The molecule has 4 atom stereocenters. The van der Waals surface area contributed by atoms with Crippen LogP contribution in [0.3, 0.4) is 0 Å². The highest BCUT2D eigenvalue weighted by Crippen LogP contribution is 2.45. The molecule has 2 rings (SSSR count). The lowest BCUT2D eigenvalue weighted by Crippen LogP contribution is -2.62. The van der Waals surface area contributed by atoms with Crippen LogP contribution < -0.4 is 0 Å². The van der Waals surface area contributed by atoms with Crippen LogP contribution in [-0.4, -0.2) is 27.5 Å². The first-order chi connectivity index (χ1) is 7.00. The summed E-state index contributed by atoms with van der Waals surface area (Å²) in [5.41, 5.74) is -1.40. The van der Waals surface area contributed by atoms with E-state index in [1.54, 1.807) is 6.92 Å². The highest BCUT2D eigenvalue weighted by atomic mass is 16.6. The third-order valence-electron chi connectivity index (χ3n) is 4.04. The van der Waals surface area contributed by atoms with Crippen molar-refractivity contribution in [1.82, 2.24) is 0 Å². The average Bonchev–Trinajstić information content (AvgIpc) is 2.14. The fraction of sp³-hybridized carbons (Fsp3) is 0.900. The van der Waals surface area contributed by atoms with Gasteiger partial charge in [0.25, 0.3) is 5.54 Å². The van der Waals surface area contributed by atoms with Crippen molar-refractivity contribution in [1.29, 1.82) is 0 Å². The number of hydrogen-bond acceptors (Lipinski definition) is 4. The van der Waals surface area contributed by atoms with Gasteiger partial charge in [-0.2, -0.15) is 0 Å². The van der Waals surface area contributed by atoms with Gasteiger partial charge < -0.3 is 5.11 Å². The summed E-state index contributed by atoms with van der Waals surface area (Å²) in [6, 6.07) is 0. The van der Waals surface area contributed by atoms with E-state index < -0.39 is 22.5 Å². The minimum atomic E-state index is -1.40. The van der Waals surface area contributed by atoms with Gasteiger partial charge in [0.15, 0.2) is 0 Å². The maximum atomic E-state index is 12.0. The number of rotatable bonds is 1. The molecule has 2 bridgehead atoms. The number of fused-ring (bicyclic) bond motifs is 2. The molecule has 0 amide bonds. The monoisotopic (exact) mass is 213 g/mol. The van der Waals surface area contributed by atoms with E-state index in [0.717, 1.165) is 0 Å². The van der Waals surface area contributed by atoms with Crippen molar-refractivity contribution in [2.45, 2.75) is 44.2 Å². The largest absolute Gasteiger partial charge is 0.392 e. The van der Waals surface area contributed by atoms with E-state index in [-0.39, 0.29) is 11.7 Å². The molecule has 2 aliphatic rings. The van der Waals surface area contributed by atoms with Gasteiger partial charge in [-0.25, -0.2) is 0 Å². The van der Waals surface area contributed by atoms with Crippen molar-refractivity contribution in [3.8, 4) is 0 Å². The maximum Gasteiger partial charge on any atom is 0.282 e. The number of Topliss-reactive ketones (excluding diaryl/α,β-unsaturated/α-hetero) is 1. The van der Waals surface area contributed by atoms with Crippen LogP contribution in [0, 0.1) is 22.0 Å². The van der Waals surface area contributed by atoms with Gasteiger partial charge in [0.1, 0.15) is 0 Å². The summed E-state index contributed by atoms with van der Waals surface area (Å²) in [6.07, 6.45) is 1.29. The fourth-order valence-electron chi connectivity index (χ4n) is 3.11. The Morgan fingerprint density at radius 1 is 1.60 bits per heavy atom. The summed E-state index contributed by atoms with van der Waals surface area (Å²) in [6.45, 7) is 1.70. The zero-order valence-corrected chi connectivity index (χ0v) is 8.68. The molecular weight excluding hydrogens is 198 g/mol. The normalized spacial score (nSPS) is 45.2. The Morgan fingerprint density at radius 2 is 2.27 bits per heavy atom. The molecule has 5 nitrogen and oxygen atoms in total. The molecule has 0 aromatic heterocycles. The lowest BCUT2D eigenvalue weighted by Gasteiger charge is -2.43. The summed E-state index contributed by atoms with van der Waals surface area (Å²) in [4.78, 5) is 22.7. The number of carbonyl (C=O) groups excluding carboxylic acids is 1. The van der Waals surface area contributed by atoms with Gasteiger partial charge in [0, 0.05) is 17.3 Å². The van der Waals surface area contributed by atoms with Crippen LogP contribution in [0.5, 0.6) is 0 Å². The Kier molecular flexibility index (Phi) is 2.30. The predicted molar refractivity (Wildman–Crippen MR) is 51.9 cm³/mol. The zero-order valence-electron chi connectivity index (χ0n) is 8.68. The number of carbonyl (C=O) groups is 1. The Bertz CT molecular complexity index is 317. The zero-order chi connectivity index (χ0) is 11.2. The van der Waals surface area contributed by atoms with Gasteiger partial charge in [0.05, 0.1) is 12.0 Å². The smallest absolute Gasteiger partial charge is 0.282 e. The minimum Gasteiger partial charge on any atom is -0.392 e. The quantitative estimate of drug-likeness (QED) is 0.515. The first-order valence-electron chi connectivity index (χ1n) is 5.37. The topological polar surface area (TPSA) is 80.4 Å². The summed E-state index contributed by atoms with van der Waals surface area (Å²) >= 11 is 0. The molecule has 0 heterocycles. The number of aliphatic hydroxyl groups excluding tert-OH is 1. The van der Waals surface area contributed by atoms with Gasteiger partial charge >= 0.3 is 0 Å². The highest BCUT2D eigenvalue weighted by molar-refractivity contribution is 5.91. The maximum absolute atomic E-state index is 12.0. The summed E-state index contributed by atoms with van der Waals surface area (Å²) in [5.74, 6) is -1.20. The third-order valence-corrected chi connectivity index (χ3v) is 4.04. The molecule has 0 unspecified atom stereocenters. The molecule has 5 heteroatoms. The van der Waals surface area contributed by atoms with Gasteiger partial charge in [-0.1, -0.05) is 6.92 Å². The van der Waals surface area contributed by atoms with Gasteiger partial charge in [-0.3, -0.25) is 14.9 Å². The number of aliphatic hydroxyl groups is 1. The minimum absolute atomic E-state index is 0.337. The average molecular weight is 213 g/mol. The number of ketones is 1. The van der Waals surface area contributed by atoms with Crippen molar-refractivity contribution in [3.05, 3.63) is 10.1 Å². The van der Waals surface area contributed by atoms with Crippen LogP contribution in [-0.2, 0) is 4.79 Å². The molecule has 0 saturated heterocycles. The van der Waals surface area contributed by atoms with Crippen LogP contribution in [0.1, 0.15) is 32.6 Å². The van der Waals surface area contributed by atoms with E-state index in [0.29, 0.717) is 25.7 Å². The van der Waals surface area contributed by atoms with Crippen molar-refractivity contribution in [2.75, 3.05) is 0 Å². The number of nitro groups is 1. The van der Waals surface area contributed by atoms with Crippen molar-refractivity contribution < 1.29 is 14.8 Å². The molecule has 2 saturated carbocycles. The Morgan fingerprint density at radius 3 is 2.87 bits per heavy atom. The summed E-state index contributed by atoms with van der Waals surface area (Å²) < 4.78 is 0. The standard InChI is InChI=1S/C10H15NO4/c1-6-5-8(12)7-3-2-4-10(6,9(7)13)11(14)15/h6-8,12H,2-5H2,1H3/t6-,7+,8-,10+/m1/s1. The lowest BCUT2D eigenvalue weighted by atomic mass is 9.60. The van der Waals surface area contributed by atoms with E-state index in [1.165, 1.54) is 0 Å². The first-order valence-corrected chi connectivity index (χ1v) is 5.37. The van der Waals surface area contributed by atoms with Crippen molar-refractivity contribution in [2.24, 2.45) is 11.8 Å². The van der Waals surface area contributed by atoms with Gasteiger partial charge in [0.2, 0.25) is 5.78 Å². The highest BCUT2D eigenvalue weighted by Gasteiger charge is 2.63. The van der Waals surface area contributed by atoms with E-state index in [4.69, 9.17) is 0 Å². The SMILES string of the molecule is C[C@@H]1C[C@@H](O)[C@@H]2CCC[C@@]1([N+](=O)[O-])C2=O. The van der Waals surface area contributed by atoms with Crippen molar-refractivity contribution >= 4 is 5.78 Å². The van der Waals surface area contributed by atoms with Gasteiger partial charge in [-0.05, 0) is 19.3 Å². The van der Waals surface area contributed by atoms with Crippen molar-refractivity contribution in [3.63, 3.8) is 0 Å². The Labute approximate surface area is 87.6 Å². The second-order valence-electron chi connectivity index (χ2n) is 4.75. The Hall–Kier alpha value is -0.970. The molecular formula is C10H15NO4. The van der Waals surface area contributed by atoms with Crippen LogP contribution in [0.2, 0.25) is 0 Å². The first kappa shape index (κ1) is 10.5. The molecule has 2 aliphatic carbocycles. The van der Waals surface area contributed by atoms with E-state index >= 15 is 0 Å². The van der Waals surface area contributed by atoms with Crippen LogP contribution in [0.4, 0.5) is 0 Å². The lowest BCUT2D eigenvalue weighted by molar-refractivity contribution is -0.568. The van der Waals surface area contributed by atoms with E-state index in [9.17, 15) is 20.0 Å². The molecule has 0 radical (unpaired) electrons. The molecule has 0 aromatic carbocycles. The van der Waals surface area contributed by atoms with Crippen LogP contribution in [0.25, 0.3) is 0 Å². The summed E-state index contributed by atoms with van der Waals surface area (Å²) in [5, 5.41) is 20.8. The molecule has 1 N–H and O–H groups in total. The molecule has 15 heavy (non-hydrogen) atoms. The number of nitrogens with zero attached hydrogens (tertiary/aromatic N) is 1. The fourth-order valence-corrected chi connectivity index (χ4v) is 3.11. The van der Waals surface area contributed by atoms with Crippen LogP contribution in [0.15, 0.2) is 0 Å². The second kappa shape index (κ2) is 3.27. The van der Waals surface area contributed by atoms with E-state index in [2.05, 4.69) is 0 Å². The van der Waals surface area contributed by atoms with Crippen LogP contribution >= 0.6 is 0 Å². The molecule has 0 spiro atoms. The van der Waals surface area contributed by atoms with E-state index in [1.807, 2.05) is 0 Å².